The Morgan fingerprint density at radius 2 is 0.867 bits per heavy atom. The van der Waals surface area contributed by atoms with Crippen LogP contribution in [0.15, 0.2) is 164 Å². The maximum atomic E-state index is 2.55. The van der Waals surface area contributed by atoms with Gasteiger partial charge in [-0.05, 0) is 74.3 Å². The summed E-state index contributed by atoms with van der Waals surface area (Å²) in [7, 11) is 0. The summed E-state index contributed by atoms with van der Waals surface area (Å²) in [4.78, 5) is 5.03. The molecule has 45 heavy (non-hydrogen) atoms. The molecule has 0 saturated carbocycles. The van der Waals surface area contributed by atoms with E-state index in [1.165, 1.54) is 82.8 Å². The third-order valence-corrected chi connectivity index (χ3v) is 9.80. The highest BCUT2D eigenvalue weighted by molar-refractivity contribution is 7.01. The van der Waals surface area contributed by atoms with Gasteiger partial charge in [-0.25, -0.2) is 0 Å². The molecule has 0 bridgehead atoms. The Hall–Kier alpha value is -5.80. The Bertz CT molecular complexity index is 2460. The molecule has 2 aliphatic heterocycles. The van der Waals surface area contributed by atoms with E-state index in [0.717, 1.165) is 0 Å². The topological polar surface area (TPSA) is 6.48 Å². The lowest BCUT2D eigenvalue weighted by atomic mass is 9.33. The van der Waals surface area contributed by atoms with Crippen LogP contribution in [0.25, 0.3) is 32.3 Å². The van der Waals surface area contributed by atoms with Crippen LogP contribution in [0.2, 0.25) is 0 Å². The number of nitrogens with zero attached hydrogens (tertiary/aromatic N) is 2. The first-order chi connectivity index (χ1) is 22.4. The van der Waals surface area contributed by atoms with Crippen molar-refractivity contribution in [1.29, 1.82) is 0 Å². The summed E-state index contributed by atoms with van der Waals surface area (Å²) in [5.74, 6) is 0. The van der Waals surface area contributed by atoms with Crippen LogP contribution in [0.5, 0.6) is 0 Å². The van der Waals surface area contributed by atoms with Crippen LogP contribution >= 0.6 is 0 Å². The van der Waals surface area contributed by atoms with E-state index in [-0.39, 0.29) is 6.71 Å². The minimum absolute atomic E-state index is 0.0723. The first kappa shape index (κ1) is 24.6. The fourth-order valence-electron chi connectivity index (χ4n) is 7.98. The van der Waals surface area contributed by atoms with Crippen molar-refractivity contribution in [2.45, 2.75) is 0 Å². The standard InChI is InChI=1S/C42H27BN2/c1-2-16-31(17-3-1)44-37-22-11-23-38-41(37)43(40-33-19-8-5-13-29(33)25-27-39(40)44)35-26-24-30-14-6-9-20-34(30)42(35)45(38)36-21-10-15-28-12-4-7-18-32(28)36/h1-27H. The fraction of sp³-hybridized carbons (Fsp3) is 0. The van der Waals surface area contributed by atoms with Gasteiger partial charge in [-0.3, -0.25) is 0 Å². The quantitative estimate of drug-likeness (QED) is 0.191. The molecular weight excluding hydrogens is 543 g/mol. The van der Waals surface area contributed by atoms with E-state index < -0.39 is 0 Å². The molecule has 0 radical (unpaired) electrons. The number of para-hydroxylation sites is 1. The van der Waals surface area contributed by atoms with Crippen molar-refractivity contribution in [2.24, 2.45) is 0 Å². The van der Waals surface area contributed by atoms with Crippen molar-refractivity contribution in [2.75, 3.05) is 9.80 Å². The molecule has 0 saturated heterocycles. The van der Waals surface area contributed by atoms with E-state index in [2.05, 4.69) is 174 Å². The predicted molar refractivity (Wildman–Crippen MR) is 193 cm³/mol. The normalized spacial score (nSPS) is 13.2. The second kappa shape index (κ2) is 9.35. The molecule has 8 aromatic rings. The average Bonchev–Trinajstić information content (AvgIpc) is 3.11. The number of anilines is 6. The van der Waals surface area contributed by atoms with Crippen molar-refractivity contribution in [3.05, 3.63) is 164 Å². The van der Waals surface area contributed by atoms with Gasteiger partial charge in [-0.15, -0.1) is 0 Å². The molecule has 0 amide bonds. The lowest BCUT2D eigenvalue weighted by Crippen LogP contribution is -2.61. The second-order valence-corrected chi connectivity index (χ2v) is 12.1. The van der Waals surface area contributed by atoms with Gasteiger partial charge >= 0.3 is 0 Å². The predicted octanol–water partition coefficient (Wildman–Crippen LogP) is 9.23. The largest absolute Gasteiger partial charge is 0.311 e. The monoisotopic (exact) mass is 570 g/mol. The molecule has 0 atom stereocenters. The number of fused-ring (bicyclic) bond motifs is 9. The molecule has 3 heteroatoms. The van der Waals surface area contributed by atoms with E-state index in [1.807, 2.05) is 0 Å². The maximum Gasteiger partial charge on any atom is 0.252 e. The zero-order valence-electron chi connectivity index (χ0n) is 24.6. The zero-order chi connectivity index (χ0) is 29.5. The summed E-state index contributed by atoms with van der Waals surface area (Å²) < 4.78 is 0. The number of rotatable bonds is 2. The molecule has 0 spiro atoms. The summed E-state index contributed by atoms with van der Waals surface area (Å²) in [6.45, 7) is 0.0723. The minimum atomic E-state index is 0.0723. The van der Waals surface area contributed by atoms with Crippen LogP contribution in [0.4, 0.5) is 34.1 Å². The van der Waals surface area contributed by atoms with Crippen LogP contribution in [0.3, 0.4) is 0 Å². The van der Waals surface area contributed by atoms with Crippen molar-refractivity contribution >= 4 is 89.5 Å². The smallest absolute Gasteiger partial charge is 0.252 e. The molecule has 10 rings (SSSR count). The summed E-state index contributed by atoms with van der Waals surface area (Å²) in [6.07, 6.45) is 0. The van der Waals surface area contributed by atoms with Crippen LogP contribution in [-0.4, -0.2) is 6.71 Å². The second-order valence-electron chi connectivity index (χ2n) is 12.1. The lowest BCUT2D eigenvalue weighted by molar-refractivity contribution is 1.27. The third kappa shape index (κ3) is 3.41. The van der Waals surface area contributed by atoms with Crippen LogP contribution in [0.1, 0.15) is 0 Å². The third-order valence-electron chi connectivity index (χ3n) is 9.80. The zero-order valence-corrected chi connectivity index (χ0v) is 24.6. The SMILES string of the molecule is c1ccc(N2c3cccc4c3B(c3ccc5ccccc5c3N4c3cccc4ccccc34)c3c2ccc2ccccc32)cc1. The molecule has 0 aliphatic carbocycles. The number of hydrogen-bond acceptors (Lipinski definition) is 2. The van der Waals surface area contributed by atoms with Gasteiger partial charge in [0.25, 0.3) is 6.71 Å². The molecule has 2 heterocycles. The molecule has 0 fully saturated rings. The van der Waals surface area contributed by atoms with Gasteiger partial charge in [-0.1, -0.05) is 127 Å². The summed E-state index contributed by atoms with van der Waals surface area (Å²) in [5, 5.41) is 7.58. The van der Waals surface area contributed by atoms with Crippen molar-refractivity contribution in [3.8, 4) is 0 Å². The summed E-state index contributed by atoms with van der Waals surface area (Å²) in [5.41, 5.74) is 11.4. The van der Waals surface area contributed by atoms with E-state index in [1.54, 1.807) is 0 Å². The Kier molecular flexibility index (Phi) is 5.12. The maximum absolute atomic E-state index is 2.55. The highest BCUT2D eigenvalue weighted by atomic mass is 15.2. The van der Waals surface area contributed by atoms with Gasteiger partial charge in [0.15, 0.2) is 0 Å². The Morgan fingerprint density at radius 3 is 1.67 bits per heavy atom. The van der Waals surface area contributed by atoms with Gasteiger partial charge in [0.05, 0.1) is 5.69 Å². The molecule has 0 aromatic heterocycles. The van der Waals surface area contributed by atoms with Gasteiger partial charge in [0.2, 0.25) is 0 Å². The molecule has 2 aliphatic rings. The minimum Gasteiger partial charge on any atom is -0.311 e. The van der Waals surface area contributed by atoms with Crippen molar-refractivity contribution in [1.82, 2.24) is 0 Å². The average molecular weight is 571 g/mol. The highest BCUT2D eigenvalue weighted by Gasteiger charge is 2.44. The van der Waals surface area contributed by atoms with Gasteiger partial charge in [0, 0.05) is 39.2 Å². The molecular formula is C42H27BN2. The first-order valence-corrected chi connectivity index (χ1v) is 15.7. The van der Waals surface area contributed by atoms with Crippen LogP contribution < -0.4 is 26.2 Å². The van der Waals surface area contributed by atoms with E-state index in [9.17, 15) is 0 Å². The Balaban J connectivity index is 1.39. The van der Waals surface area contributed by atoms with Crippen LogP contribution in [-0.2, 0) is 0 Å². The molecule has 0 N–H and O–H groups in total. The Labute approximate surface area is 262 Å². The lowest BCUT2D eigenvalue weighted by Gasteiger charge is -2.45. The first-order valence-electron chi connectivity index (χ1n) is 15.7. The highest BCUT2D eigenvalue weighted by Crippen LogP contribution is 2.47. The summed E-state index contributed by atoms with van der Waals surface area (Å²) in [6, 6.07) is 60.3. The van der Waals surface area contributed by atoms with E-state index in [0.29, 0.717) is 0 Å². The number of benzene rings is 8. The Morgan fingerprint density at radius 1 is 0.333 bits per heavy atom. The van der Waals surface area contributed by atoms with Gasteiger partial charge < -0.3 is 9.80 Å². The van der Waals surface area contributed by atoms with Crippen molar-refractivity contribution in [3.63, 3.8) is 0 Å². The van der Waals surface area contributed by atoms with Crippen molar-refractivity contribution < 1.29 is 0 Å². The van der Waals surface area contributed by atoms with E-state index >= 15 is 0 Å². The molecule has 8 aromatic carbocycles. The molecule has 2 nitrogen and oxygen atoms in total. The van der Waals surface area contributed by atoms with Crippen LogP contribution in [0, 0.1) is 0 Å². The summed E-state index contributed by atoms with van der Waals surface area (Å²) >= 11 is 0. The molecule has 0 unspecified atom stereocenters. The fourth-order valence-corrected chi connectivity index (χ4v) is 7.98. The van der Waals surface area contributed by atoms with Gasteiger partial charge in [-0.2, -0.15) is 0 Å². The van der Waals surface area contributed by atoms with E-state index in [4.69, 9.17) is 0 Å². The molecule has 208 valence electrons. The number of hydrogen-bond donors (Lipinski definition) is 0. The van der Waals surface area contributed by atoms with Gasteiger partial charge in [0.1, 0.15) is 0 Å².